The van der Waals surface area contributed by atoms with Gasteiger partial charge in [0.25, 0.3) is 6.01 Å². The van der Waals surface area contributed by atoms with Crippen LogP contribution in [0.1, 0.15) is 44.1 Å². The molecule has 1 aliphatic heterocycles. The minimum absolute atomic E-state index is 0.221. The van der Waals surface area contributed by atoms with E-state index in [1.807, 2.05) is 12.1 Å². The highest BCUT2D eigenvalue weighted by atomic mass is 19.1. The fourth-order valence-electron chi connectivity index (χ4n) is 6.29. The molecular weight excluding hydrogens is 441 g/mol. The summed E-state index contributed by atoms with van der Waals surface area (Å²) in [5.41, 5.74) is 2.34. The van der Waals surface area contributed by atoms with Crippen LogP contribution in [-0.4, -0.2) is 35.7 Å². The lowest BCUT2D eigenvalue weighted by Gasteiger charge is -2.40. The smallest absolute Gasteiger partial charge is 0.295 e. The SMILES string of the molecule is N#Cc1ccc(N2C[C@@H]3C[C@H](N[C@@H]4CCCC[C@H]4Nc4ncc(-c5ccccc5F)o4)[C@H]2C3)cc1. The quantitative estimate of drug-likeness (QED) is 0.506. The molecule has 2 aromatic carbocycles. The Hall–Kier alpha value is -3.37. The van der Waals surface area contributed by atoms with Crippen LogP contribution < -0.4 is 15.5 Å². The highest BCUT2D eigenvalue weighted by Gasteiger charge is 2.46. The molecule has 5 atom stereocenters. The molecule has 35 heavy (non-hydrogen) atoms. The van der Waals surface area contributed by atoms with Crippen LogP contribution in [0.4, 0.5) is 16.1 Å². The van der Waals surface area contributed by atoms with Crippen LogP contribution in [0.25, 0.3) is 11.3 Å². The van der Waals surface area contributed by atoms with E-state index in [4.69, 9.17) is 9.68 Å². The monoisotopic (exact) mass is 471 g/mol. The Kier molecular flexibility index (Phi) is 5.91. The van der Waals surface area contributed by atoms with Gasteiger partial charge >= 0.3 is 0 Å². The van der Waals surface area contributed by atoms with Crippen molar-refractivity contribution in [1.82, 2.24) is 10.3 Å². The van der Waals surface area contributed by atoms with Gasteiger partial charge in [-0.05, 0) is 68.0 Å². The minimum atomic E-state index is -0.310. The number of fused-ring (bicyclic) bond motifs is 2. The molecule has 2 saturated carbocycles. The van der Waals surface area contributed by atoms with Gasteiger partial charge in [0, 0.05) is 36.4 Å². The summed E-state index contributed by atoms with van der Waals surface area (Å²) in [7, 11) is 0. The van der Waals surface area contributed by atoms with E-state index in [0.29, 0.717) is 46.9 Å². The summed E-state index contributed by atoms with van der Waals surface area (Å²) in [5, 5.41) is 16.6. The summed E-state index contributed by atoms with van der Waals surface area (Å²) in [6, 6.07) is 18.7. The number of nitriles is 1. The van der Waals surface area contributed by atoms with Crippen molar-refractivity contribution in [3.8, 4) is 17.4 Å². The predicted molar refractivity (Wildman–Crippen MR) is 134 cm³/mol. The average molecular weight is 472 g/mol. The van der Waals surface area contributed by atoms with E-state index in [-0.39, 0.29) is 11.9 Å². The van der Waals surface area contributed by atoms with Crippen molar-refractivity contribution in [2.75, 3.05) is 16.8 Å². The number of hydrogen-bond acceptors (Lipinski definition) is 6. The molecule has 3 fully saturated rings. The van der Waals surface area contributed by atoms with Crippen LogP contribution in [-0.2, 0) is 0 Å². The fourth-order valence-corrected chi connectivity index (χ4v) is 6.29. The summed E-state index contributed by atoms with van der Waals surface area (Å²) in [6.07, 6.45) is 8.56. The molecular formula is C28H30FN5O. The number of rotatable bonds is 6. The standard InChI is InChI=1S/C28H30FN5O/c29-22-6-2-1-5-21(22)27-16-31-28(35-27)33-24-8-4-3-7-23(24)32-25-13-19-14-26(25)34(17-19)20-11-9-18(15-30)10-12-20/h1-2,5-6,9-12,16,19,23-26,32H,3-4,7-8,13-14,17H2,(H,31,33)/t19-,23-,24-,25+,26-/m1/s1. The van der Waals surface area contributed by atoms with E-state index in [2.05, 4.69) is 38.7 Å². The first-order chi connectivity index (χ1) is 17.2. The number of aromatic nitrogens is 1. The van der Waals surface area contributed by atoms with Crippen molar-refractivity contribution in [2.45, 2.75) is 62.7 Å². The molecule has 3 aromatic rings. The van der Waals surface area contributed by atoms with Crippen molar-refractivity contribution >= 4 is 11.7 Å². The van der Waals surface area contributed by atoms with Crippen LogP contribution in [0.5, 0.6) is 0 Å². The molecule has 6 rings (SSSR count). The van der Waals surface area contributed by atoms with Gasteiger partial charge in [0.1, 0.15) is 5.82 Å². The third-order valence-corrected chi connectivity index (χ3v) is 7.96. The van der Waals surface area contributed by atoms with Gasteiger partial charge in [0.15, 0.2) is 5.76 Å². The number of anilines is 2. The number of oxazole rings is 1. The van der Waals surface area contributed by atoms with Crippen molar-refractivity contribution in [1.29, 1.82) is 5.26 Å². The molecule has 6 nitrogen and oxygen atoms in total. The molecule has 3 aliphatic rings. The second-order valence-corrected chi connectivity index (χ2v) is 10.1. The van der Waals surface area contributed by atoms with E-state index in [0.717, 1.165) is 19.4 Å². The maximum absolute atomic E-state index is 14.2. The first kappa shape index (κ1) is 22.1. The Morgan fingerprint density at radius 1 is 1.00 bits per heavy atom. The molecule has 0 unspecified atom stereocenters. The summed E-state index contributed by atoms with van der Waals surface area (Å²) < 4.78 is 20.1. The third-order valence-electron chi connectivity index (χ3n) is 7.96. The largest absolute Gasteiger partial charge is 0.423 e. The van der Waals surface area contributed by atoms with Gasteiger partial charge in [-0.3, -0.25) is 0 Å². The number of halogens is 1. The minimum Gasteiger partial charge on any atom is -0.423 e. The van der Waals surface area contributed by atoms with Gasteiger partial charge < -0.3 is 20.0 Å². The fraction of sp³-hybridized carbons (Fsp3) is 0.429. The Bertz CT molecular complexity index is 1220. The van der Waals surface area contributed by atoms with E-state index in [1.165, 1.54) is 37.4 Å². The molecule has 1 aromatic heterocycles. The zero-order valence-electron chi connectivity index (χ0n) is 19.7. The van der Waals surface area contributed by atoms with Crippen LogP contribution >= 0.6 is 0 Å². The maximum atomic E-state index is 14.2. The molecule has 2 heterocycles. The van der Waals surface area contributed by atoms with Gasteiger partial charge in [0.05, 0.1) is 23.4 Å². The molecule has 0 spiro atoms. The van der Waals surface area contributed by atoms with E-state index >= 15 is 0 Å². The maximum Gasteiger partial charge on any atom is 0.295 e. The highest BCUT2D eigenvalue weighted by Crippen LogP contribution is 2.41. The number of piperidine rings is 1. The summed E-state index contributed by atoms with van der Waals surface area (Å²) in [5.74, 6) is 0.839. The lowest BCUT2D eigenvalue weighted by Crippen LogP contribution is -2.56. The lowest BCUT2D eigenvalue weighted by molar-refractivity contribution is 0.287. The Balaban J connectivity index is 1.14. The number of nitrogens with one attached hydrogen (secondary N) is 2. The summed E-state index contributed by atoms with van der Waals surface area (Å²) >= 11 is 0. The lowest BCUT2D eigenvalue weighted by atomic mass is 9.89. The Morgan fingerprint density at radius 2 is 1.80 bits per heavy atom. The van der Waals surface area contributed by atoms with Gasteiger partial charge in [-0.25, -0.2) is 9.37 Å². The van der Waals surface area contributed by atoms with Gasteiger partial charge in [-0.1, -0.05) is 25.0 Å². The third kappa shape index (κ3) is 4.39. The Morgan fingerprint density at radius 3 is 2.57 bits per heavy atom. The number of benzene rings is 2. The second-order valence-electron chi connectivity index (χ2n) is 10.1. The molecule has 0 radical (unpaired) electrons. The summed E-state index contributed by atoms with van der Waals surface area (Å²) in [4.78, 5) is 6.92. The zero-order valence-corrected chi connectivity index (χ0v) is 19.7. The van der Waals surface area contributed by atoms with Crippen molar-refractivity contribution in [3.05, 3.63) is 66.1 Å². The topological polar surface area (TPSA) is 77.1 Å². The van der Waals surface area contributed by atoms with Crippen LogP contribution in [0, 0.1) is 23.1 Å². The molecule has 2 N–H and O–H groups in total. The zero-order chi connectivity index (χ0) is 23.8. The predicted octanol–water partition coefficient (Wildman–Crippen LogP) is 5.33. The van der Waals surface area contributed by atoms with Gasteiger partial charge in [-0.2, -0.15) is 5.26 Å². The highest BCUT2D eigenvalue weighted by molar-refractivity contribution is 5.58. The molecule has 2 bridgehead atoms. The molecule has 1 saturated heterocycles. The normalized spacial score (nSPS) is 27.7. The molecule has 7 heteroatoms. The van der Waals surface area contributed by atoms with Crippen molar-refractivity contribution < 1.29 is 8.81 Å². The van der Waals surface area contributed by atoms with E-state index in [9.17, 15) is 4.39 Å². The molecule has 0 amide bonds. The van der Waals surface area contributed by atoms with Crippen LogP contribution in [0.2, 0.25) is 0 Å². The Labute approximate surface area is 205 Å². The van der Waals surface area contributed by atoms with Crippen LogP contribution in [0.15, 0.2) is 59.1 Å². The van der Waals surface area contributed by atoms with E-state index < -0.39 is 0 Å². The second kappa shape index (κ2) is 9.35. The van der Waals surface area contributed by atoms with Gasteiger partial charge in [0.2, 0.25) is 0 Å². The van der Waals surface area contributed by atoms with Crippen molar-refractivity contribution in [2.24, 2.45) is 5.92 Å². The summed E-state index contributed by atoms with van der Waals surface area (Å²) in [6.45, 7) is 1.09. The van der Waals surface area contributed by atoms with Gasteiger partial charge in [-0.15, -0.1) is 0 Å². The number of nitrogens with zero attached hydrogens (tertiary/aromatic N) is 3. The first-order valence-electron chi connectivity index (χ1n) is 12.7. The first-order valence-corrected chi connectivity index (χ1v) is 12.7. The molecule has 180 valence electrons. The number of hydrogen-bond donors (Lipinski definition) is 2. The molecule has 2 aliphatic carbocycles. The van der Waals surface area contributed by atoms with Crippen molar-refractivity contribution in [3.63, 3.8) is 0 Å². The van der Waals surface area contributed by atoms with Crippen LogP contribution in [0.3, 0.4) is 0 Å². The van der Waals surface area contributed by atoms with E-state index in [1.54, 1.807) is 24.4 Å². The average Bonchev–Trinajstić information content (AvgIpc) is 3.62.